The van der Waals surface area contributed by atoms with Gasteiger partial charge in [0, 0.05) is 11.1 Å². The zero-order valence-corrected chi connectivity index (χ0v) is 18.4. The molecule has 0 radical (unpaired) electrons. The molecule has 0 aliphatic rings. The summed E-state index contributed by atoms with van der Waals surface area (Å²) < 4.78 is 11.0. The van der Waals surface area contributed by atoms with Gasteiger partial charge in [-0.25, -0.2) is 0 Å². The van der Waals surface area contributed by atoms with E-state index in [0.717, 1.165) is 22.3 Å². The van der Waals surface area contributed by atoms with Crippen molar-refractivity contribution >= 4 is 50.9 Å². The molecule has 3 aromatic carbocycles. The predicted octanol–water partition coefficient (Wildman–Crippen LogP) is 4.69. The van der Waals surface area contributed by atoms with Crippen LogP contribution >= 0.6 is 12.2 Å². The van der Waals surface area contributed by atoms with Gasteiger partial charge in [0.1, 0.15) is 22.4 Å². The summed E-state index contributed by atoms with van der Waals surface area (Å²) in [4.78, 5) is 14.0. The molecular weight excluding hydrogens is 438 g/mol. The highest BCUT2D eigenvalue weighted by Gasteiger charge is 2.14. The first-order valence-electron chi connectivity index (χ1n) is 10.3. The number of para-hydroxylation sites is 1. The fourth-order valence-electron chi connectivity index (χ4n) is 3.37. The first-order chi connectivity index (χ1) is 16.1. The number of ether oxygens (including phenoxy) is 1. The number of fused-ring (bicyclic) bond motifs is 2. The van der Waals surface area contributed by atoms with Gasteiger partial charge in [-0.3, -0.25) is 10.1 Å². The molecule has 0 aliphatic heterocycles. The van der Waals surface area contributed by atoms with E-state index in [4.69, 9.17) is 21.4 Å². The van der Waals surface area contributed by atoms with Crippen molar-refractivity contribution in [1.29, 1.82) is 0 Å². The number of hydrogen-bond donors (Lipinski definition) is 2. The topological polar surface area (TPSA) is 94.2 Å². The third-order valence-electron chi connectivity index (χ3n) is 4.89. The number of nitrogens with zero attached hydrogens (tertiary/aromatic N) is 3. The predicted molar refractivity (Wildman–Crippen MR) is 130 cm³/mol. The van der Waals surface area contributed by atoms with E-state index in [1.807, 2.05) is 67.6 Å². The van der Waals surface area contributed by atoms with Gasteiger partial charge in [-0.15, -0.1) is 10.2 Å². The van der Waals surface area contributed by atoms with E-state index in [1.54, 1.807) is 16.9 Å². The van der Waals surface area contributed by atoms with Crippen molar-refractivity contribution in [3.8, 4) is 11.4 Å². The van der Waals surface area contributed by atoms with E-state index in [2.05, 4.69) is 20.8 Å². The minimum Gasteiger partial charge on any atom is -0.494 e. The van der Waals surface area contributed by atoms with Crippen molar-refractivity contribution in [1.82, 2.24) is 20.3 Å². The Hall–Kier alpha value is -4.24. The monoisotopic (exact) mass is 457 g/mol. The van der Waals surface area contributed by atoms with Crippen molar-refractivity contribution in [2.45, 2.75) is 6.92 Å². The lowest BCUT2D eigenvalue weighted by molar-refractivity contribution is 0.0953. The zero-order chi connectivity index (χ0) is 22.8. The molecule has 2 N–H and O–H groups in total. The number of anilines is 1. The molecule has 0 spiro atoms. The molecular formula is C24H19N5O3S. The number of furan rings is 1. The van der Waals surface area contributed by atoms with Gasteiger partial charge in [-0.2, -0.15) is 4.80 Å². The fraction of sp³-hybridized carbons (Fsp3) is 0.0833. The number of nitrogens with one attached hydrogen (secondary N) is 2. The van der Waals surface area contributed by atoms with Crippen LogP contribution in [0.25, 0.3) is 27.7 Å². The molecule has 0 bridgehead atoms. The second-order valence-electron chi connectivity index (χ2n) is 7.18. The molecule has 5 aromatic rings. The molecule has 8 nitrogen and oxygen atoms in total. The average molecular weight is 458 g/mol. The van der Waals surface area contributed by atoms with Crippen LogP contribution in [0.15, 0.2) is 77.2 Å². The van der Waals surface area contributed by atoms with Crippen LogP contribution in [0.4, 0.5) is 5.69 Å². The molecule has 5 rings (SSSR count). The maximum absolute atomic E-state index is 12.5. The molecule has 0 fully saturated rings. The first kappa shape index (κ1) is 20.7. The molecule has 164 valence electrons. The quantitative estimate of drug-likeness (QED) is 0.370. The van der Waals surface area contributed by atoms with E-state index in [-0.39, 0.29) is 10.9 Å². The summed E-state index contributed by atoms with van der Waals surface area (Å²) in [5.41, 5.74) is 3.54. The van der Waals surface area contributed by atoms with Crippen LogP contribution in [0.5, 0.6) is 5.75 Å². The van der Waals surface area contributed by atoms with Crippen LogP contribution in [-0.4, -0.2) is 32.6 Å². The number of aromatic nitrogens is 3. The van der Waals surface area contributed by atoms with E-state index < -0.39 is 5.91 Å². The van der Waals surface area contributed by atoms with Gasteiger partial charge in [0.2, 0.25) is 0 Å². The van der Waals surface area contributed by atoms with Crippen LogP contribution in [0.3, 0.4) is 0 Å². The summed E-state index contributed by atoms with van der Waals surface area (Å²) >= 11 is 5.29. The lowest BCUT2D eigenvalue weighted by Gasteiger charge is -2.08. The number of thiocarbonyl (C=S) groups is 1. The average Bonchev–Trinajstić information content (AvgIpc) is 3.44. The molecule has 33 heavy (non-hydrogen) atoms. The Balaban J connectivity index is 1.28. The third-order valence-corrected chi connectivity index (χ3v) is 5.10. The van der Waals surface area contributed by atoms with Crippen molar-refractivity contribution in [3.05, 3.63) is 78.6 Å². The highest BCUT2D eigenvalue weighted by Crippen LogP contribution is 2.20. The van der Waals surface area contributed by atoms with Crippen LogP contribution in [0, 0.1) is 0 Å². The summed E-state index contributed by atoms with van der Waals surface area (Å²) in [7, 11) is 0. The molecule has 0 unspecified atom stereocenters. The Morgan fingerprint density at radius 1 is 1.03 bits per heavy atom. The van der Waals surface area contributed by atoms with E-state index >= 15 is 0 Å². The Kier molecular flexibility index (Phi) is 5.45. The van der Waals surface area contributed by atoms with Crippen molar-refractivity contribution in [2.24, 2.45) is 0 Å². The summed E-state index contributed by atoms with van der Waals surface area (Å²) in [6.45, 7) is 2.55. The van der Waals surface area contributed by atoms with Gasteiger partial charge in [0.25, 0.3) is 5.91 Å². The lowest BCUT2D eigenvalue weighted by Crippen LogP contribution is -2.33. The normalized spacial score (nSPS) is 10.9. The number of hydrogen-bond acceptors (Lipinski definition) is 6. The molecule has 0 saturated carbocycles. The largest absolute Gasteiger partial charge is 0.494 e. The number of carbonyl (C=O) groups is 1. The summed E-state index contributed by atoms with van der Waals surface area (Å²) in [5.74, 6) is 0.558. The summed E-state index contributed by atoms with van der Waals surface area (Å²) in [6.07, 6.45) is 0. The molecule has 1 amide bonds. The second-order valence-corrected chi connectivity index (χ2v) is 7.58. The second kappa shape index (κ2) is 8.71. The van der Waals surface area contributed by atoms with Gasteiger partial charge in [0.15, 0.2) is 10.9 Å². The first-order valence-corrected chi connectivity index (χ1v) is 10.7. The van der Waals surface area contributed by atoms with Crippen molar-refractivity contribution in [3.63, 3.8) is 0 Å². The van der Waals surface area contributed by atoms with Gasteiger partial charge in [0.05, 0.1) is 12.3 Å². The van der Waals surface area contributed by atoms with Gasteiger partial charge in [-0.1, -0.05) is 18.2 Å². The zero-order valence-electron chi connectivity index (χ0n) is 17.6. The Morgan fingerprint density at radius 3 is 2.61 bits per heavy atom. The molecule has 9 heteroatoms. The molecule has 2 heterocycles. The van der Waals surface area contributed by atoms with Crippen LogP contribution in [0.2, 0.25) is 0 Å². The van der Waals surface area contributed by atoms with Crippen LogP contribution in [-0.2, 0) is 0 Å². The van der Waals surface area contributed by atoms with E-state index in [1.165, 1.54) is 0 Å². The number of amides is 1. The summed E-state index contributed by atoms with van der Waals surface area (Å²) in [5, 5.41) is 15.7. The summed E-state index contributed by atoms with van der Waals surface area (Å²) in [6, 6.07) is 22.1. The fourth-order valence-corrected chi connectivity index (χ4v) is 3.58. The van der Waals surface area contributed by atoms with E-state index in [9.17, 15) is 4.79 Å². The highest BCUT2D eigenvalue weighted by molar-refractivity contribution is 7.80. The minimum absolute atomic E-state index is 0.152. The van der Waals surface area contributed by atoms with Crippen molar-refractivity contribution < 1.29 is 13.9 Å². The molecule has 0 saturated heterocycles. The smallest absolute Gasteiger partial charge is 0.293 e. The Morgan fingerprint density at radius 2 is 1.82 bits per heavy atom. The maximum atomic E-state index is 12.5. The number of carbonyl (C=O) groups excluding carboxylic acids is 1. The third kappa shape index (κ3) is 4.39. The number of rotatable bonds is 5. The minimum atomic E-state index is -0.425. The van der Waals surface area contributed by atoms with Crippen LogP contribution in [0.1, 0.15) is 17.5 Å². The Bertz CT molecular complexity index is 1440. The molecule has 0 aliphatic carbocycles. The van der Waals surface area contributed by atoms with Crippen molar-refractivity contribution in [2.75, 3.05) is 11.9 Å². The maximum Gasteiger partial charge on any atom is 0.293 e. The standard InChI is InChI=1S/C24H19N5O3S/c1-2-31-18-10-8-17(9-11-18)29-27-19-12-7-16(14-20(19)28-29)25-24(33)26-23(30)22-13-15-5-3-4-6-21(15)32-22/h3-14H,2H2,1H3,(H2,25,26,30,33). The van der Waals surface area contributed by atoms with Gasteiger partial charge in [-0.05, 0) is 73.7 Å². The SMILES string of the molecule is CCOc1ccc(-n2nc3ccc(NC(=S)NC(=O)c4cc5ccccc5o4)cc3n2)cc1. The van der Waals surface area contributed by atoms with E-state index in [0.29, 0.717) is 23.4 Å². The number of benzene rings is 3. The molecule has 2 aromatic heterocycles. The van der Waals surface area contributed by atoms with Gasteiger partial charge < -0.3 is 14.5 Å². The molecule has 0 atom stereocenters. The highest BCUT2D eigenvalue weighted by atomic mass is 32.1. The Labute approximate surface area is 194 Å². The lowest BCUT2D eigenvalue weighted by atomic mass is 10.2. The van der Waals surface area contributed by atoms with Crippen LogP contribution < -0.4 is 15.4 Å². The van der Waals surface area contributed by atoms with Gasteiger partial charge >= 0.3 is 0 Å².